The van der Waals surface area contributed by atoms with Gasteiger partial charge in [-0.05, 0) is 25.7 Å². The Hall–Kier alpha value is 0.279. The molecule has 0 saturated heterocycles. The molecule has 33 heavy (non-hydrogen) atoms. The third-order valence-electron chi connectivity index (χ3n) is 2.21. The molecule has 0 aromatic rings. The predicted molar refractivity (Wildman–Crippen MR) is 111 cm³/mol. The molecule has 16 nitrogen and oxygen atoms in total. The Labute approximate surface area is 211 Å². The Balaban J connectivity index is -0.000000105. The second kappa shape index (κ2) is 24.0. The molecular weight excluding hydrogens is 647 g/mol. The summed E-state index contributed by atoms with van der Waals surface area (Å²) in [4.78, 5) is 0. The van der Waals surface area contributed by atoms with Crippen molar-refractivity contribution in [3.05, 3.63) is 0 Å². The van der Waals surface area contributed by atoms with E-state index in [0.717, 1.165) is 0 Å². The average molecular weight is 675 g/mol. The molecule has 0 amide bonds. The van der Waals surface area contributed by atoms with Crippen LogP contribution in [0.25, 0.3) is 0 Å². The van der Waals surface area contributed by atoms with Gasteiger partial charge in [0.15, 0.2) is 0 Å². The molecule has 21 heteroatoms. The normalized spacial score (nSPS) is 11.4. The van der Waals surface area contributed by atoms with Gasteiger partial charge in [0.25, 0.3) is 0 Å². The molecule has 0 unspecified atom stereocenters. The molecule has 0 aromatic heterocycles. The van der Waals surface area contributed by atoms with E-state index < -0.39 is 63.5 Å². The fourth-order valence-corrected chi connectivity index (χ4v) is 2.90. The molecule has 4 N–H and O–H groups in total. The van der Waals surface area contributed by atoms with Crippen molar-refractivity contribution in [1.29, 1.82) is 0 Å². The zero-order valence-corrected chi connectivity index (χ0v) is 23.4. The van der Waals surface area contributed by atoms with Crippen molar-refractivity contribution in [2.75, 3.05) is 49.4 Å². The molecule has 0 saturated carbocycles. The van der Waals surface area contributed by atoms with E-state index in [0.29, 0.717) is 0 Å². The van der Waals surface area contributed by atoms with Crippen LogP contribution in [-0.2, 0) is 40.5 Å². The van der Waals surface area contributed by atoms with Gasteiger partial charge < -0.3 is 38.6 Å². The van der Waals surface area contributed by atoms with Crippen LogP contribution in [-0.4, -0.2) is 146 Å². The minimum atomic E-state index is -4.10. The van der Waals surface area contributed by atoms with Gasteiger partial charge in [-0.25, -0.2) is 33.7 Å². The molecule has 200 valence electrons. The monoisotopic (exact) mass is 676 g/mol. The first-order valence-corrected chi connectivity index (χ1v) is 14.7. The van der Waals surface area contributed by atoms with Crippen molar-refractivity contribution >= 4 is 64.4 Å². The Bertz CT molecular complexity index is 692. The van der Waals surface area contributed by atoms with E-state index >= 15 is 0 Å². The molecule has 0 aromatic carbocycles. The van der Waals surface area contributed by atoms with Gasteiger partial charge in [0.2, 0.25) is 0 Å². The second-order valence-electron chi connectivity index (χ2n) is 5.36. The van der Waals surface area contributed by atoms with Gasteiger partial charge in [-0.15, -0.1) is 0 Å². The minimum absolute atomic E-state index is 0. The van der Waals surface area contributed by atoms with E-state index in [-0.39, 0.29) is 76.0 Å². The topological polar surface area (TPSA) is 310 Å². The standard InChI is InChI=1S/4C3H8O4S.Sn/c4*4-2-1-3-8(5,6)7;/h4*4H,1-3H2,(H,5,6,7);/q;;;;+4/p-4. The van der Waals surface area contributed by atoms with Crippen molar-refractivity contribution in [2.45, 2.75) is 25.7 Å². The maximum absolute atomic E-state index is 9.72. The fourth-order valence-electron chi connectivity index (χ4n) is 0.965. The van der Waals surface area contributed by atoms with Gasteiger partial charge in [0.05, 0.1) is 40.5 Å². The molecule has 0 aliphatic rings. The van der Waals surface area contributed by atoms with E-state index in [1.165, 1.54) is 0 Å². The van der Waals surface area contributed by atoms with E-state index in [9.17, 15) is 51.9 Å². The Morgan fingerprint density at radius 1 is 0.394 bits per heavy atom. The van der Waals surface area contributed by atoms with Crippen molar-refractivity contribution < 1.29 is 72.3 Å². The van der Waals surface area contributed by atoms with Crippen molar-refractivity contribution in [2.24, 2.45) is 0 Å². The Morgan fingerprint density at radius 3 is 0.545 bits per heavy atom. The van der Waals surface area contributed by atoms with Crippen LogP contribution in [0.5, 0.6) is 0 Å². The van der Waals surface area contributed by atoms with Gasteiger partial charge in [0.1, 0.15) is 0 Å². The van der Waals surface area contributed by atoms with Crippen LogP contribution in [0.4, 0.5) is 0 Å². The number of hydrogen-bond acceptors (Lipinski definition) is 16. The number of aliphatic hydroxyl groups excluding tert-OH is 4. The molecular formula is C12H28O16S4Sn. The Kier molecular flexibility index (Phi) is 31.5. The van der Waals surface area contributed by atoms with Crippen LogP contribution < -0.4 is 0 Å². The van der Waals surface area contributed by atoms with Gasteiger partial charge in [-0.1, -0.05) is 0 Å². The van der Waals surface area contributed by atoms with Gasteiger partial charge >= 0.3 is 23.9 Å². The smallest absolute Gasteiger partial charge is 0.748 e. The zero-order chi connectivity index (χ0) is 26.5. The number of hydrogen-bond donors (Lipinski definition) is 4. The molecule has 0 spiro atoms. The summed E-state index contributed by atoms with van der Waals surface area (Å²) in [5, 5.41) is 32.1. The fraction of sp³-hybridized carbons (Fsp3) is 1.00. The predicted octanol–water partition coefficient (Wildman–Crippen LogP) is -4.72. The molecule has 0 rings (SSSR count). The first-order chi connectivity index (χ1) is 14.2. The summed E-state index contributed by atoms with van der Waals surface area (Å²) in [6.45, 7) is -0.994. The van der Waals surface area contributed by atoms with Crippen LogP contribution in [0.1, 0.15) is 25.7 Å². The summed E-state index contributed by atoms with van der Waals surface area (Å²) in [6.07, 6.45) is 0.134. The van der Waals surface area contributed by atoms with E-state index in [1.807, 2.05) is 0 Å². The summed E-state index contributed by atoms with van der Waals surface area (Å²) in [5.74, 6) is -1.88. The molecule has 0 aliphatic heterocycles. The van der Waals surface area contributed by atoms with Crippen LogP contribution in [0.3, 0.4) is 0 Å². The van der Waals surface area contributed by atoms with Crippen molar-refractivity contribution in [3.8, 4) is 0 Å². The summed E-state index contributed by atoms with van der Waals surface area (Å²) in [7, 11) is -16.4. The van der Waals surface area contributed by atoms with Crippen LogP contribution in [0.2, 0.25) is 0 Å². The average Bonchev–Trinajstić information content (AvgIpc) is 2.60. The summed E-state index contributed by atoms with van der Waals surface area (Å²) < 4.78 is 117. The number of aliphatic hydroxyl groups is 4. The van der Waals surface area contributed by atoms with Crippen molar-refractivity contribution in [3.63, 3.8) is 0 Å². The molecule has 0 atom stereocenters. The van der Waals surface area contributed by atoms with Gasteiger partial charge in [0, 0.05) is 49.4 Å². The van der Waals surface area contributed by atoms with E-state index in [4.69, 9.17) is 20.4 Å². The van der Waals surface area contributed by atoms with Gasteiger partial charge in [-0.2, -0.15) is 0 Å². The third kappa shape index (κ3) is 72.0. The number of rotatable bonds is 12. The van der Waals surface area contributed by atoms with E-state index in [2.05, 4.69) is 0 Å². The quantitative estimate of drug-likeness (QED) is 0.111. The molecule has 0 bridgehead atoms. The zero-order valence-electron chi connectivity index (χ0n) is 17.3. The van der Waals surface area contributed by atoms with E-state index in [1.54, 1.807) is 0 Å². The molecule has 0 heterocycles. The summed E-state index contributed by atoms with van der Waals surface area (Å²) in [6, 6.07) is 0. The minimum Gasteiger partial charge on any atom is -0.748 e. The summed E-state index contributed by atoms with van der Waals surface area (Å²) >= 11 is 0. The van der Waals surface area contributed by atoms with Crippen molar-refractivity contribution in [1.82, 2.24) is 0 Å². The maximum Gasteiger partial charge on any atom is 4.00 e. The first kappa shape index (κ1) is 43.4. The van der Waals surface area contributed by atoms with Crippen LogP contribution >= 0.6 is 0 Å². The van der Waals surface area contributed by atoms with Crippen LogP contribution in [0.15, 0.2) is 0 Å². The first-order valence-electron chi connectivity index (χ1n) is 8.42. The Morgan fingerprint density at radius 2 is 0.515 bits per heavy atom. The largest absolute Gasteiger partial charge is 4.00 e. The maximum atomic E-state index is 9.72. The SMILES string of the molecule is O=S(=O)([O-])CCCO.O=S(=O)([O-])CCCO.O=S(=O)([O-])CCCO.O=S(=O)([O-])CCCO.[Sn+4]. The van der Waals surface area contributed by atoms with Crippen LogP contribution in [0, 0.1) is 0 Å². The molecule has 0 radical (unpaired) electrons. The molecule has 0 fully saturated rings. The molecule has 0 aliphatic carbocycles. The third-order valence-corrected chi connectivity index (χ3v) is 5.36. The summed E-state index contributed by atoms with van der Waals surface area (Å²) in [5.41, 5.74) is 0. The van der Waals surface area contributed by atoms with Gasteiger partial charge in [-0.3, -0.25) is 0 Å². The second-order valence-corrected chi connectivity index (χ2v) is 11.5.